The molecule has 0 unspecified atom stereocenters. The fraction of sp³-hybridized carbons (Fsp3) is 0. The highest BCUT2D eigenvalue weighted by molar-refractivity contribution is 6.03. The summed E-state index contributed by atoms with van der Waals surface area (Å²) < 4.78 is 19.1. The molecular formula is C21H15FN6O. The summed E-state index contributed by atoms with van der Waals surface area (Å²) in [7, 11) is 0. The van der Waals surface area contributed by atoms with E-state index in [1.807, 2.05) is 36.4 Å². The molecule has 0 aliphatic carbocycles. The molecule has 0 radical (unpaired) electrons. The number of fused-ring (bicyclic) bond motifs is 1. The van der Waals surface area contributed by atoms with Crippen molar-refractivity contribution in [1.29, 1.82) is 0 Å². The van der Waals surface area contributed by atoms with Crippen molar-refractivity contribution in [3.63, 3.8) is 0 Å². The first-order chi connectivity index (χ1) is 14.2. The van der Waals surface area contributed by atoms with Crippen molar-refractivity contribution in [1.82, 2.24) is 24.0 Å². The van der Waals surface area contributed by atoms with Crippen molar-refractivity contribution in [3.8, 4) is 11.5 Å². The number of aromatic nitrogens is 5. The molecule has 0 aliphatic rings. The van der Waals surface area contributed by atoms with E-state index in [-0.39, 0.29) is 11.6 Å². The van der Waals surface area contributed by atoms with Crippen LogP contribution in [0.3, 0.4) is 0 Å². The van der Waals surface area contributed by atoms with Crippen molar-refractivity contribution >= 4 is 16.9 Å². The van der Waals surface area contributed by atoms with Crippen LogP contribution in [0.15, 0.2) is 85.6 Å². The van der Waals surface area contributed by atoms with Crippen LogP contribution in [-0.2, 0) is 0 Å². The van der Waals surface area contributed by atoms with E-state index in [1.54, 1.807) is 46.2 Å². The Morgan fingerprint density at radius 3 is 2.55 bits per heavy atom. The van der Waals surface area contributed by atoms with Crippen LogP contribution in [0, 0.1) is 5.82 Å². The Morgan fingerprint density at radius 1 is 0.966 bits per heavy atom. The van der Waals surface area contributed by atoms with Crippen LogP contribution in [0.1, 0.15) is 10.4 Å². The number of nitrogens with zero attached hydrogens (tertiary/aromatic N) is 5. The largest absolute Gasteiger partial charge is 0.308 e. The number of halogens is 1. The topological polar surface area (TPSA) is 69.7 Å². The minimum Gasteiger partial charge on any atom is -0.308 e. The number of carbonyl (C=O) groups is 1. The maximum absolute atomic E-state index is 14.4. The normalized spacial score (nSPS) is 11.1. The second-order valence-electron chi connectivity index (χ2n) is 6.38. The quantitative estimate of drug-likeness (QED) is 0.514. The third-order valence-electron chi connectivity index (χ3n) is 4.59. The lowest BCUT2D eigenvalue weighted by Crippen LogP contribution is -2.23. The Hall–Kier alpha value is -4.20. The van der Waals surface area contributed by atoms with Crippen LogP contribution >= 0.6 is 0 Å². The molecule has 8 heteroatoms. The van der Waals surface area contributed by atoms with Crippen molar-refractivity contribution in [2.75, 3.05) is 5.43 Å². The summed E-state index contributed by atoms with van der Waals surface area (Å²) in [5.74, 6) is -0.391. The molecule has 3 heterocycles. The zero-order valence-corrected chi connectivity index (χ0v) is 15.1. The van der Waals surface area contributed by atoms with Gasteiger partial charge in [0.15, 0.2) is 5.82 Å². The molecule has 142 valence electrons. The summed E-state index contributed by atoms with van der Waals surface area (Å²) in [4.78, 5) is 17.4. The molecule has 0 bridgehead atoms. The zero-order valence-electron chi connectivity index (χ0n) is 15.1. The van der Waals surface area contributed by atoms with Crippen molar-refractivity contribution < 1.29 is 9.18 Å². The minimum absolute atomic E-state index is 0.253. The Bertz CT molecular complexity index is 1320. The summed E-state index contributed by atoms with van der Waals surface area (Å²) in [5, 5.41) is 4.29. The number of amides is 1. The van der Waals surface area contributed by atoms with Crippen LogP contribution < -0.4 is 5.43 Å². The second kappa shape index (κ2) is 6.75. The van der Waals surface area contributed by atoms with E-state index in [0.29, 0.717) is 11.4 Å². The molecule has 3 aromatic heterocycles. The van der Waals surface area contributed by atoms with Gasteiger partial charge in [-0.25, -0.2) is 18.7 Å². The Morgan fingerprint density at radius 2 is 1.72 bits per heavy atom. The lowest BCUT2D eigenvalue weighted by atomic mass is 10.2. The third-order valence-corrected chi connectivity index (χ3v) is 4.59. The molecule has 1 N–H and O–H groups in total. The van der Waals surface area contributed by atoms with Gasteiger partial charge in [0.25, 0.3) is 5.91 Å². The van der Waals surface area contributed by atoms with Crippen LogP contribution in [-0.4, -0.2) is 29.9 Å². The molecule has 5 rings (SSSR count). The van der Waals surface area contributed by atoms with Crippen molar-refractivity contribution in [2.24, 2.45) is 0 Å². The fourth-order valence-corrected chi connectivity index (χ4v) is 3.24. The first-order valence-electron chi connectivity index (χ1n) is 8.92. The number of rotatable bonds is 4. The van der Waals surface area contributed by atoms with E-state index in [1.165, 1.54) is 16.9 Å². The number of imidazole rings is 1. The van der Waals surface area contributed by atoms with Crippen LogP contribution in [0.4, 0.5) is 4.39 Å². The van der Waals surface area contributed by atoms with Gasteiger partial charge in [0.2, 0.25) is 0 Å². The maximum Gasteiger partial charge on any atom is 0.275 e. The number of hydrogen-bond acceptors (Lipinski definition) is 3. The molecular weight excluding hydrogens is 371 g/mol. The van der Waals surface area contributed by atoms with Gasteiger partial charge in [-0.3, -0.25) is 10.2 Å². The number of carbonyl (C=O) groups excluding carboxylic acids is 1. The smallest absolute Gasteiger partial charge is 0.275 e. The van der Waals surface area contributed by atoms with Gasteiger partial charge in [0.05, 0.1) is 17.2 Å². The molecule has 7 nitrogen and oxygen atoms in total. The molecule has 0 spiro atoms. The van der Waals surface area contributed by atoms with E-state index in [9.17, 15) is 9.18 Å². The first-order valence-corrected chi connectivity index (χ1v) is 8.92. The maximum atomic E-state index is 14.4. The standard InChI is InChI=1S/C21H15FN6O/c22-16-7-1-3-9-18(16)28-21(26-11-5-6-12-26)15(13-24-28)20(29)25-27-14-23-17-8-2-4-10-19(17)27/h1-14H,(H,25,29). The predicted molar refractivity (Wildman–Crippen MR) is 106 cm³/mol. The van der Waals surface area contributed by atoms with Gasteiger partial charge < -0.3 is 4.57 Å². The van der Waals surface area contributed by atoms with Gasteiger partial charge in [-0.15, -0.1) is 0 Å². The van der Waals surface area contributed by atoms with Gasteiger partial charge in [-0.2, -0.15) is 5.10 Å². The molecule has 0 atom stereocenters. The zero-order chi connectivity index (χ0) is 19.8. The number of hydrogen-bond donors (Lipinski definition) is 1. The van der Waals surface area contributed by atoms with Gasteiger partial charge in [-0.05, 0) is 36.4 Å². The monoisotopic (exact) mass is 386 g/mol. The predicted octanol–water partition coefficient (Wildman–Crippen LogP) is 3.54. The number of para-hydroxylation sites is 3. The van der Waals surface area contributed by atoms with Crippen LogP contribution in [0.25, 0.3) is 22.5 Å². The Kier molecular flexibility index (Phi) is 3.94. The summed E-state index contributed by atoms with van der Waals surface area (Å²) in [6, 6.07) is 17.4. The molecule has 0 fully saturated rings. The molecule has 0 saturated carbocycles. The van der Waals surface area contributed by atoms with E-state index in [0.717, 1.165) is 11.0 Å². The third kappa shape index (κ3) is 2.87. The number of benzene rings is 2. The van der Waals surface area contributed by atoms with E-state index in [4.69, 9.17) is 0 Å². The summed E-state index contributed by atoms with van der Waals surface area (Å²) >= 11 is 0. The average Bonchev–Trinajstić information content (AvgIpc) is 3.48. The number of nitrogens with one attached hydrogen (secondary N) is 1. The second-order valence-corrected chi connectivity index (χ2v) is 6.38. The van der Waals surface area contributed by atoms with E-state index >= 15 is 0 Å². The highest BCUT2D eigenvalue weighted by atomic mass is 19.1. The minimum atomic E-state index is -0.434. The molecule has 0 aliphatic heterocycles. The highest BCUT2D eigenvalue weighted by Gasteiger charge is 2.21. The average molecular weight is 386 g/mol. The molecule has 2 aromatic carbocycles. The highest BCUT2D eigenvalue weighted by Crippen LogP contribution is 2.22. The molecule has 29 heavy (non-hydrogen) atoms. The summed E-state index contributed by atoms with van der Waals surface area (Å²) in [5.41, 5.74) is 4.90. The fourth-order valence-electron chi connectivity index (χ4n) is 3.24. The summed E-state index contributed by atoms with van der Waals surface area (Å²) in [6.45, 7) is 0. The van der Waals surface area contributed by atoms with Crippen LogP contribution in [0.2, 0.25) is 0 Å². The van der Waals surface area contributed by atoms with Gasteiger partial charge in [-0.1, -0.05) is 24.3 Å². The molecule has 1 amide bonds. The first kappa shape index (κ1) is 16.9. The van der Waals surface area contributed by atoms with Gasteiger partial charge in [0, 0.05) is 12.4 Å². The van der Waals surface area contributed by atoms with Gasteiger partial charge >= 0.3 is 0 Å². The van der Waals surface area contributed by atoms with E-state index in [2.05, 4.69) is 15.5 Å². The lowest BCUT2D eigenvalue weighted by molar-refractivity contribution is 0.101. The summed E-state index contributed by atoms with van der Waals surface area (Å²) in [6.07, 6.45) is 6.52. The van der Waals surface area contributed by atoms with Gasteiger partial charge in [0.1, 0.15) is 23.4 Å². The van der Waals surface area contributed by atoms with Crippen LogP contribution in [0.5, 0.6) is 0 Å². The van der Waals surface area contributed by atoms with E-state index < -0.39 is 5.82 Å². The van der Waals surface area contributed by atoms with Crippen molar-refractivity contribution in [3.05, 3.63) is 97.0 Å². The van der Waals surface area contributed by atoms with Crippen molar-refractivity contribution in [2.45, 2.75) is 0 Å². The molecule has 5 aromatic rings. The lowest BCUT2D eigenvalue weighted by Gasteiger charge is -2.12. The molecule has 0 saturated heterocycles. The Labute approximate surface area is 164 Å². The Balaban J connectivity index is 1.60. The SMILES string of the molecule is O=C(Nn1cnc2ccccc21)c1cnn(-c2ccccc2F)c1-n1cccc1.